The molecule has 1 aromatic carbocycles. The molecule has 0 heterocycles. The standard InChI is InChI=1S/C11H14N2O2/c1-6-4-10(6)13-9-3-2-7(11(14)15)5-8(9)12/h2-3,5-6,10,13H,4,12H2,1H3,(H,14,15). The Morgan fingerprint density at radius 3 is 2.73 bits per heavy atom. The van der Waals surface area contributed by atoms with E-state index in [2.05, 4.69) is 12.2 Å². The normalized spacial score (nSPS) is 23.5. The van der Waals surface area contributed by atoms with Crippen molar-refractivity contribution in [3.8, 4) is 0 Å². The van der Waals surface area contributed by atoms with Crippen molar-refractivity contribution in [2.75, 3.05) is 11.1 Å². The fraction of sp³-hybridized carbons (Fsp3) is 0.364. The number of hydrogen-bond acceptors (Lipinski definition) is 3. The van der Waals surface area contributed by atoms with Crippen molar-refractivity contribution >= 4 is 17.3 Å². The van der Waals surface area contributed by atoms with Gasteiger partial charge >= 0.3 is 5.97 Å². The molecular weight excluding hydrogens is 192 g/mol. The van der Waals surface area contributed by atoms with Gasteiger partial charge in [0.1, 0.15) is 0 Å². The highest BCUT2D eigenvalue weighted by Gasteiger charge is 2.32. The zero-order valence-corrected chi connectivity index (χ0v) is 8.53. The molecule has 4 heteroatoms. The van der Waals surface area contributed by atoms with E-state index in [4.69, 9.17) is 10.8 Å². The molecule has 1 aliphatic carbocycles. The van der Waals surface area contributed by atoms with Crippen molar-refractivity contribution in [1.82, 2.24) is 0 Å². The van der Waals surface area contributed by atoms with Crippen molar-refractivity contribution in [3.05, 3.63) is 23.8 Å². The smallest absolute Gasteiger partial charge is 0.335 e. The van der Waals surface area contributed by atoms with E-state index in [1.54, 1.807) is 12.1 Å². The molecule has 0 aromatic heterocycles. The van der Waals surface area contributed by atoms with Gasteiger partial charge in [-0.3, -0.25) is 0 Å². The Bertz CT molecular complexity index is 404. The molecule has 1 fully saturated rings. The van der Waals surface area contributed by atoms with Gasteiger partial charge in [0.05, 0.1) is 16.9 Å². The fourth-order valence-electron chi connectivity index (χ4n) is 1.55. The molecule has 4 nitrogen and oxygen atoms in total. The zero-order valence-electron chi connectivity index (χ0n) is 8.53. The first-order chi connectivity index (χ1) is 7.08. The Morgan fingerprint density at radius 1 is 1.60 bits per heavy atom. The minimum atomic E-state index is -0.951. The van der Waals surface area contributed by atoms with Crippen LogP contribution in [0, 0.1) is 5.92 Å². The molecule has 4 N–H and O–H groups in total. The zero-order chi connectivity index (χ0) is 11.0. The van der Waals surface area contributed by atoms with Crippen LogP contribution in [0.25, 0.3) is 0 Å². The van der Waals surface area contributed by atoms with Gasteiger partial charge in [-0.15, -0.1) is 0 Å². The Hall–Kier alpha value is -1.71. The lowest BCUT2D eigenvalue weighted by Crippen LogP contribution is -2.07. The molecule has 1 aromatic rings. The topological polar surface area (TPSA) is 75.3 Å². The summed E-state index contributed by atoms with van der Waals surface area (Å²) in [5.41, 5.74) is 7.30. The highest BCUT2D eigenvalue weighted by atomic mass is 16.4. The largest absolute Gasteiger partial charge is 0.478 e. The van der Waals surface area contributed by atoms with E-state index >= 15 is 0 Å². The van der Waals surface area contributed by atoms with E-state index in [0.717, 1.165) is 12.1 Å². The molecule has 0 amide bonds. The second kappa shape index (κ2) is 3.46. The predicted molar refractivity (Wildman–Crippen MR) is 59.0 cm³/mol. The molecule has 2 unspecified atom stereocenters. The lowest BCUT2D eigenvalue weighted by Gasteiger charge is -2.08. The SMILES string of the molecule is CC1CC1Nc1ccc(C(=O)O)cc1N. The monoisotopic (exact) mass is 206 g/mol. The van der Waals surface area contributed by atoms with Gasteiger partial charge in [-0.1, -0.05) is 6.92 Å². The molecule has 80 valence electrons. The first-order valence-electron chi connectivity index (χ1n) is 4.97. The van der Waals surface area contributed by atoms with Crippen LogP contribution in [-0.2, 0) is 0 Å². The summed E-state index contributed by atoms with van der Waals surface area (Å²) >= 11 is 0. The molecule has 1 saturated carbocycles. The van der Waals surface area contributed by atoms with Gasteiger partial charge in [-0.25, -0.2) is 4.79 Å². The molecule has 0 radical (unpaired) electrons. The molecule has 15 heavy (non-hydrogen) atoms. The lowest BCUT2D eigenvalue weighted by molar-refractivity contribution is 0.0697. The summed E-state index contributed by atoms with van der Waals surface area (Å²) in [5.74, 6) is -0.267. The van der Waals surface area contributed by atoms with Crippen molar-refractivity contribution in [2.24, 2.45) is 5.92 Å². The van der Waals surface area contributed by atoms with Crippen LogP contribution < -0.4 is 11.1 Å². The summed E-state index contributed by atoms with van der Waals surface area (Å²) in [6.45, 7) is 2.17. The number of carboxylic acids is 1. The molecule has 1 aliphatic rings. The third-order valence-corrected chi connectivity index (χ3v) is 2.75. The summed E-state index contributed by atoms with van der Waals surface area (Å²) < 4.78 is 0. The summed E-state index contributed by atoms with van der Waals surface area (Å²) in [4.78, 5) is 10.7. The van der Waals surface area contributed by atoms with Crippen LogP contribution >= 0.6 is 0 Å². The maximum atomic E-state index is 10.7. The third-order valence-electron chi connectivity index (χ3n) is 2.75. The number of carboxylic acid groups (broad SMARTS) is 1. The number of nitrogen functional groups attached to an aromatic ring is 1. The van der Waals surface area contributed by atoms with Crippen molar-refractivity contribution in [1.29, 1.82) is 0 Å². The molecular formula is C11H14N2O2. The number of aromatic carboxylic acids is 1. The van der Waals surface area contributed by atoms with Gasteiger partial charge in [0, 0.05) is 6.04 Å². The molecule has 0 aliphatic heterocycles. The average Bonchev–Trinajstić information content (AvgIpc) is 2.85. The van der Waals surface area contributed by atoms with Crippen LogP contribution in [0.1, 0.15) is 23.7 Å². The number of rotatable bonds is 3. The molecule has 2 atom stereocenters. The Labute approximate surface area is 88.1 Å². The second-order valence-corrected chi connectivity index (χ2v) is 4.07. The summed E-state index contributed by atoms with van der Waals surface area (Å²) in [6.07, 6.45) is 1.15. The van der Waals surface area contributed by atoms with E-state index in [1.165, 1.54) is 6.07 Å². The average molecular weight is 206 g/mol. The van der Waals surface area contributed by atoms with Crippen LogP contribution in [0.2, 0.25) is 0 Å². The summed E-state index contributed by atoms with van der Waals surface area (Å²) in [6, 6.07) is 5.26. The summed E-state index contributed by atoms with van der Waals surface area (Å²) in [7, 11) is 0. The molecule has 0 spiro atoms. The van der Waals surface area contributed by atoms with Crippen molar-refractivity contribution in [3.63, 3.8) is 0 Å². The van der Waals surface area contributed by atoms with Gasteiger partial charge in [-0.05, 0) is 30.5 Å². The van der Waals surface area contributed by atoms with E-state index in [0.29, 0.717) is 17.6 Å². The maximum absolute atomic E-state index is 10.7. The molecule has 0 bridgehead atoms. The number of benzene rings is 1. The van der Waals surface area contributed by atoms with Crippen molar-refractivity contribution < 1.29 is 9.90 Å². The first-order valence-corrected chi connectivity index (χ1v) is 4.97. The maximum Gasteiger partial charge on any atom is 0.335 e. The van der Waals surface area contributed by atoms with Crippen LogP contribution in [0.5, 0.6) is 0 Å². The number of hydrogen-bond donors (Lipinski definition) is 3. The highest BCUT2D eigenvalue weighted by molar-refractivity contribution is 5.90. The molecule has 2 rings (SSSR count). The third kappa shape index (κ3) is 2.03. The Kier molecular flexibility index (Phi) is 2.26. The van der Waals surface area contributed by atoms with Crippen LogP contribution in [0.4, 0.5) is 11.4 Å². The molecule has 0 saturated heterocycles. The van der Waals surface area contributed by atoms with E-state index < -0.39 is 5.97 Å². The van der Waals surface area contributed by atoms with Crippen molar-refractivity contribution in [2.45, 2.75) is 19.4 Å². The summed E-state index contributed by atoms with van der Waals surface area (Å²) in [5, 5.41) is 12.0. The highest BCUT2D eigenvalue weighted by Crippen LogP contribution is 2.34. The van der Waals surface area contributed by atoms with E-state index in [9.17, 15) is 4.79 Å². The van der Waals surface area contributed by atoms with E-state index in [1.807, 2.05) is 0 Å². The van der Waals surface area contributed by atoms with Gasteiger partial charge < -0.3 is 16.2 Å². The van der Waals surface area contributed by atoms with Crippen LogP contribution in [0.3, 0.4) is 0 Å². The van der Waals surface area contributed by atoms with Gasteiger partial charge in [-0.2, -0.15) is 0 Å². The van der Waals surface area contributed by atoms with Gasteiger partial charge in [0.25, 0.3) is 0 Å². The lowest BCUT2D eigenvalue weighted by atomic mass is 10.1. The minimum absolute atomic E-state index is 0.224. The number of nitrogens with one attached hydrogen (secondary N) is 1. The fourth-order valence-corrected chi connectivity index (χ4v) is 1.55. The Balaban J connectivity index is 2.15. The van der Waals surface area contributed by atoms with Gasteiger partial charge in [0.15, 0.2) is 0 Å². The number of nitrogens with two attached hydrogens (primary N) is 1. The van der Waals surface area contributed by atoms with E-state index in [-0.39, 0.29) is 5.56 Å². The predicted octanol–water partition coefficient (Wildman–Crippen LogP) is 1.79. The second-order valence-electron chi connectivity index (χ2n) is 4.07. The number of carbonyl (C=O) groups is 1. The first kappa shape index (κ1) is 9.83. The Morgan fingerprint density at radius 2 is 2.27 bits per heavy atom. The van der Waals surface area contributed by atoms with Crippen LogP contribution in [-0.4, -0.2) is 17.1 Å². The minimum Gasteiger partial charge on any atom is -0.478 e. The van der Waals surface area contributed by atoms with Gasteiger partial charge in [0.2, 0.25) is 0 Å². The van der Waals surface area contributed by atoms with Crippen LogP contribution in [0.15, 0.2) is 18.2 Å². The number of anilines is 2. The quantitative estimate of drug-likeness (QED) is 0.659.